The topological polar surface area (TPSA) is 15.3 Å². The predicted molar refractivity (Wildman–Crippen MR) is 73.2 cm³/mol. The van der Waals surface area contributed by atoms with Gasteiger partial charge in [0.15, 0.2) is 0 Å². The van der Waals surface area contributed by atoms with Crippen molar-refractivity contribution in [1.29, 1.82) is 0 Å². The standard InChI is InChI=1S/C15H24N2/c1-12-4-6-13(7-5-12)15(17(2)3)14-8-10-16-11-9-14/h4-7,14-16H,8-11H2,1-3H3. The molecule has 2 heteroatoms. The van der Waals surface area contributed by atoms with Crippen molar-refractivity contribution >= 4 is 0 Å². The lowest BCUT2D eigenvalue weighted by Gasteiger charge is -2.35. The van der Waals surface area contributed by atoms with E-state index in [2.05, 4.69) is 55.5 Å². The molecule has 1 unspecified atom stereocenters. The number of piperidine rings is 1. The first-order valence-electron chi connectivity index (χ1n) is 6.62. The van der Waals surface area contributed by atoms with E-state index in [4.69, 9.17) is 0 Å². The van der Waals surface area contributed by atoms with Crippen molar-refractivity contribution in [2.75, 3.05) is 27.2 Å². The normalized spacial score (nSPS) is 19.5. The lowest BCUT2D eigenvalue weighted by Crippen LogP contribution is -2.35. The smallest absolute Gasteiger partial charge is 0.0371 e. The van der Waals surface area contributed by atoms with Crippen LogP contribution in [0.15, 0.2) is 24.3 Å². The largest absolute Gasteiger partial charge is 0.317 e. The van der Waals surface area contributed by atoms with E-state index < -0.39 is 0 Å². The van der Waals surface area contributed by atoms with Gasteiger partial charge in [0.2, 0.25) is 0 Å². The van der Waals surface area contributed by atoms with Crippen molar-refractivity contribution in [3.05, 3.63) is 35.4 Å². The minimum Gasteiger partial charge on any atom is -0.317 e. The molecule has 0 aliphatic carbocycles. The molecule has 1 aromatic carbocycles. The van der Waals surface area contributed by atoms with Crippen LogP contribution in [0, 0.1) is 12.8 Å². The Morgan fingerprint density at radius 2 is 1.71 bits per heavy atom. The van der Waals surface area contributed by atoms with Crippen molar-refractivity contribution in [2.45, 2.75) is 25.8 Å². The second-order valence-electron chi connectivity index (χ2n) is 5.41. The zero-order valence-corrected chi connectivity index (χ0v) is 11.2. The Kier molecular flexibility index (Phi) is 4.19. The summed E-state index contributed by atoms with van der Waals surface area (Å²) in [7, 11) is 4.40. The fraction of sp³-hybridized carbons (Fsp3) is 0.600. The van der Waals surface area contributed by atoms with Crippen molar-refractivity contribution in [3.63, 3.8) is 0 Å². The second kappa shape index (κ2) is 5.65. The summed E-state index contributed by atoms with van der Waals surface area (Å²) < 4.78 is 0. The number of nitrogens with zero attached hydrogens (tertiary/aromatic N) is 1. The van der Waals surface area contributed by atoms with Crippen molar-refractivity contribution in [3.8, 4) is 0 Å². The molecule has 1 atom stereocenters. The fourth-order valence-electron chi connectivity index (χ4n) is 2.92. The molecule has 0 aromatic heterocycles. The molecular formula is C15H24N2. The quantitative estimate of drug-likeness (QED) is 0.862. The number of hydrogen-bond acceptors (Lipinski definition) is 2. The predicted octanol–water partition coefficient (Wildman–Crippen LogP) is 2.60. The summed E-state index contributed by atoms with van der Waals surface area (Å²) in [6.45, 7) is 4.49. The zero-order valence-electron chi connectivity index (χ0n) is 11.2. The SMILES string of the molecule is Cc1ccc(C(C2CCNCC2)N(C)C)cc1. The van der Waals surface area contributed by atoms with E-state index in [1.807, 2.05) is 0 Å². The Balaban J connectivity index is 2.18. The first-order chi connectivity index (χ1) is 8.18. The first-order valence-corrected chi connectivity index (χ1v) is 6.62. The average molecular weight is 232 g/mol. The van der Waals surface area contributed by atoms with Crippen LogP contribution >= 0.6 is 0 Å². The number of aryl methyl sites for hydroxylation is 1. The van der Waals surface area contributed by atoms with Gasteiger partial charge in [0.1, 0.15) is 0 Å². The molecule has 1 saturated heterocycles. The molecule has 1 heterocycles. The molecular weight excluding hydrogens is 208 g/mol. The van der Waals surface area contributed by atoms with E-state index in [0.717, 1.165) is 5.92 Å². The Bertz CT molecular complexity index is 336. The summed E-state index contributed by atoms with van der Waals surface area (Å²) in [5, 5.41) is 3.45. The van der Waals surface area contributed by atoms with Gasteiger partial charge in [-0.05, 0) is 58.4 Å². The number of nitrogens with one attached hydrogen (secondary N) is 1. The molecule has 2 nitrogen and oxygen atoms in total. The Morgan fingerprint density at radius 1 is 1.12 bits per heavy atom. The molecule has 1 fully saturated rings. The highest BCUT2D eigenvalue weighted by Gasteiger charge is 2.26. The van der Waals surface area contributed by atoms with Crippen LogP contribution in [0.2, 0.25) is 0 Å². The van der Waals surface area contributed by atoms with Gasteiger partial charge in [-0.3, -0.25) is 0 Å². The van der Waals surface area contributed by atoms with Gasteiger partial charge in [-0.2, -0.15) is 0 Å². The van der Waals surface area contributed by atoms with Gasteiger partial charge >= 0.3 is 0 Å². The lowest BCUT2D eigenvalue weighted by atomic mass is 9.85. The van der Waals surface area contributed by atoms with E-state index in [-0.39, 0.29) is 0 Å². The summed E-state index contributed by atoms with van der Waals surface area (Å²) in [4.78, 5) is 2.38. The summed E-state index contributed by atoms with van der Waals surface area (Å²) >= 11 is 0. The maximum absolute atomic E-state index is 3.45. The highest BCUT2D eigenvalue weighted by Crippen LogP contribution is 2.32. The second-order valence-corrected chi connectivity index (χ2v) is 5.41. The summed E-state index contributed by atoms with van der Waals surface area (Å²) in [6.07, 6.45) is 2.58. The Hall–Kier alpha value is -0.860. The van der Waals surface area contributed by atoms with E-state index in [1.54, 1.807) is 0 Å². The van der Waals surface area contributed by atoms with Gasteiger partial charge < -0.3 is 10.2 Å². The van der Waals surface area contributed by atoms with Gasteiger partial charge in [0.25, 0.3) is 0 Å². The molecule has 0 saturated carbocycles. The van der Waals surface area contributed by atoms with E-state index in [9.17, 15) is 0 Å². The fourth-order valence-corrected chi connectivity index (χ4v) is 2.92. The molecule has 0 radical (unpaired) electrons. The molecule has 0 amide bonds. The van der Waals surface area contributed by atoms with E-state index in [0.29, 0.717) is 6.04 Å². The molecule has 1 aliphatic rings. The van der Waals surface area contributed by atoms with Crippen LogP contribution in [-0.2, 0) is 0 Å². The van der Waals surface area contributed by atoms with Crippen LogP contribution < -0.4 is 5.32 Å². The number of rotatable bonds is 3. The molecule has 0 bridgehead atoms. The van der Waals surface area contributed by atoms with Crippen LogP contribution in [0.25, 0.3) is 0 Å². The maximum Gasteiger partial charge on any atom is 0.0371 e. The van der Waals surface area contributed by atoms with Gasteiger partial charge in [0, 0.05) is 6.04 Å². The van der Waals surface area contributed by atoms with Crippen LogP contribution in [0.5, 0.6) is 0 Å². The lowest BCUT2D eigenvalue weighted by molar-refractivity contribution is 0.177. The van der Waals surface area contributed by atoms with E-state index >= 15 is 0 Å². The first kappa shape index (κ1) is 12.6. The highest BCUT2D eigenvalue weighted by atomic mass is 15.1. The van der Waals surface area contributed by atoms with Crippen molar-refractivity contribution in [2.24, 2.45) is 5.92 Å². The highest BCUT2D eigenvalue weighted by molar-refractivity contribution is 5.24. The van der Waals surface area contributed by atoms with Crippen LogP contribution in [-0.4, -0.2) is 32.1 Å². The third kappa shape index (κ3) is 3.08. The molecule has 0 spiro atoms. The minimum atomic E-state index is 0.567. The third-order valence-corrected chi connectivity index (χ3v) is 3.81. The Labute approximate surface area is 105 Å². The number of benzene rings is 1. The average Bonchev–Trinajstić information content (AvgIpc) is 2.33. The van der Waals surface area contributed by atoms with Gasteiger partial charge in [-0.15, -0.1) is 0 Å². The van der Waals surface area contributed by atoms with Crippen LogP contribution in [0.1, 0.15) is 30.0 Å². The molecule has 2 rings (SSSR count). The monoisotopic (exact) mass is 232 g/mol. The summed E-state index contributed by atoms with van der Waals surface area (Å²) in [5.74, 6) is 0.786. The molecule has 1 aromatic rings. The Morgan fingerprint density at radius 3 is 2.24 bits per heavy atom. The van der Waals surface area contributed by atoms with Crippen LogP contribution in [0.4, 0.5) is 0 Å². The molecule has 1 aliphatic heterocycles. The summed E-state index contributed by atoms with van der Waals surface area (Å²) in [5.41, 5.74) is 2.81. The van der Waals surface area contributed by atoms with Gasteiger partial charge in [0.05, 0.1) is 0 Å². The van der Waals surface area contributed by atoms with E-state index in [1.165, 1.54) is 37.1 Å². The van der Waals surface area contributed by atoms with Crippen molar-refractivity contribution < 1.29 is 0 Å². The maximum atomic E-state index is 3.45. The molecule has 17 heavy (non-hydrogen) atoms. The number of hydrogen-bond donors (Lipinski definition) is 1. The summed E-state index contributed by atoms with van der Waals surface area (Å²) in [6, 6.07) is 9.61. The molecule has 94 valence electrons. The molecule has 1 N–H and O–H groups in total. The third-order valence-electron chi connectivity index (χ3n) is 3.81. The minimum absolute atomic E-state index is 0.567. The zero-order chi connectivity index (χ0) is 12.3. The van der Waals surface area contributed by atoms with Gasteiger partial charge in [-0.25, -0.2) is 0 Å². The van der Waals surface area contributed by atoms with Crippen LogP contribution in [0.3, 0.4) is 0 Å². The van der Waals surface area contributed by atoms with Crippen molar-refractivity contribution in [1.82, 2.24) is 10.2 Å². The van der Waals surface area contributed by atoms with Gasteiger partial charge in [-0.1, -0.05) is 29.8 Å².